The number of hydrogen-bond acceptors (Lipinski definition) is 5. The molecule has 1 fully saturated rings. The molecule has 1 amide bonds. The highest BCUT2D eigenvalue weighted by molar-refractivity contribution is 5.76. The zero-order chi connectivity index (χ0) is 19.1. The van der Waals surface area contributed by atoms with Gasteiger partial charge in [-0.05, 0) is 49.8 Å². The molecule has 1 saturated carbocycles. The summed E-state index contributed by atoms with van der Waals surface area (Å²) in [6, 6.07) is 7.91. The number of amides is 1. The molecule has 0 radical (unpaired) electrons. The monoisotopic (exact) mass is 372 g/mol. The number of benzene rings is 1. The van der Waals surface area contributed by atoms with Crippen molar-refractivity contribution in [1.82, 2.24) is 20.3 Å². The molecular formula is C19H24N4O4. The number of rotatable bonds is 9. The number of carboxylic acid groups (broad SMARTS) is 1. The van der Waals surface area contributed by atoms with Gasteiger partial charge in [-0.3, -0.25) is 9.59 Å². The van der Waals surface area contributed by atoms with E-state index in [1.165, 1.54) is 23.7 Å². The van der Waals surface area contributed by atoms with Crippen molar-refractivity contribution >= 4 is 11.9 Å². The fourth-order valence-electron chi connectivity index (χ4n) is 3.14. The number of nitrogens with zero attached hydrogens (tertiary/aromatic N) is 3. The number of aliphatic carboxylic acids is 1. The standard InChI is InChI=1S/C19H24N4O4/c24-18(20-11-15-12-23(22-21-15)13-19(25)26)9-8-14-4-3-7-17(10-14)27-16-5-1-2-6-16/h3-4,7,10,12,16H,1-2,5-6,8-9,11,13H2,(H,20,24)(H,25,26). The molecule has 27 heavy (non-hydrogen) atoms. The van der Waals surface area contributed by atoms with Crippen molar-refractivity contribution in [1.29, 1.82) is 0 Å². The summed E-state index contributed by atoms with van der Waals surface area (Å²) < 4.78 is 7.22. The fraction of sp³-hybridized carbons (Fsp3) is 0.474. The number of nitrogens with one attached hydrogen (secondary N) is 1. The van der Waals surface area contributed by atoms with Gasteiger partial charge in [0.2, 0.25) is 5.91 Å². The van der Waals surface area contributed by atoms with Gasteiger partial charge in [-0.25, -0.2) is 4.68 Å². The summed E-state index contributed by atoms with van der Waals surface area (Å²) >= 11 is 0. The molecule has 144 valence electrons. The van der Waals surface area contributed by atoms with Gasteiger partial charge < -0.3 is 15.2 Å². The summed E-state index contributed by atoms with van der Waals surface area (Å²) in [5.74, 6) is -0.214. The van der Waals surface area contributed by atoms with E-state index >= 15 is 0 Å². The Morgan fingerprint density at radius 1 is 1.30 bits per heavy atom. The zero-order valence-electron chi connectivity index (χ0n) is 15.1. The van der Waals surface area contributed by atoms with Crippen LogP contribution in [0.15, 0.2) is 30.5 Å². The molecule has 1 aliphatic carbocycles. The largest absolute Gasteiger partial charge is 0.490 e. The Balaban J connectivity index is 1.42. The Morgan fingerprint density at radius 2 is 2.11 bits per heavy atom. The summed E-state index contributed by atoms with van der Waals surface area (Å²) in [5.41, 5.74) is 1.59. The summed E-state index contributed by atoms with van der Waals surface area (Å²) in [6.07, 6.45) is 7.50. The minimum absolute atomic E-state index is 0.0927. The highest BCUT2D eigenvalue weighted by Crippen LogP contribution is 2.24. The van der Waals surface area contributed by atoms with Crippen LogP contribution in [-0.4, -0.2) is 38.1 Å². The molecule has 2 N–H and O–H groups in total. The number of carbonyl (C=O) groups excluding carboxylic acids is 1. The summed E-state index contributed by atoms with van der Waals surface area (Å²) in [7, 11) is 0. The van der Waals surface area contributed by atoms with Gasteiger partial charge in [0.05, 0.1) is 18.8 Å². The lowest BCUT2D eigenvalue weighted by Gasteiger charge is -2.13. The fourth-order valence-corrected chi connectivity index (χ4v) is 3.14. The predicted molar refractivity (Wildman–Crippen MR) is 97.2 cm³/mol. The number of aryl methyl sites for hydroxylation is 1. The highest BCUT2D eigenvalue weighted by Gasteiger charge is 2.16. The first-order chi connectivity index (χ1) is 13.1. The number of ether oxygens (including phenoxy) is 1. The van der Waals surface area contributed by atoms with Crippen LogP contribution in [0, 0.1) is 0 Å². The van der Waals surface area contributed by atoms with Crippen LogP contribution in [0.5, 0.6) is 5.75 Å². The van der Waals surface area contributed by atoms with Crippen molar-refractivity contribution in [3.8, 4) is 5.75 Å². The molecule has 8 heteroatoms. The molecule has 0 saturated heterocycles. The third-order valence-corrected chi connectivity index (χ3v) is 4.49. The maximum absolute atomic E-state index is 12.0. The van der Waals surface area contributed by atoms with E-state index in [0.29, 0.717) is 24.6 Å². The van der Waals surface area contributed by atoms with E-state index in [2.05, 4.69) is 15.6 Å². The van der Waals surface area contributed by atoms with E-state index in [9.17, 15) is 9.59 Å². The Hall–Kier alpha value is -2.90. The van der Waals surface area contributed by atoms with Crippen LogP contribution in [0.1, 0.15) is 43.4 Å². The Labute approximate surface area is 157 Å². The van der Waals surface area contributed by atoms with Crippen molar-refractivity contribution in [3.05, 3.63) is 41.7 Å². The smallest absolute Gasteiger partial charge is 0.325 e. The van der Waals surface area contributed by atoms with Gasteiger partial charge in [-0.1, -0.05) is 17.3 Å². The minimum atomic E-state index is -0.991. The first-order valence-electron chi connectivity index (χ1n) is 9.21. The normalized spacial score (nSPS) is 14.2. The van der Waals surface area contributed by atoms with Gasteiger partial charge in [0.1, 0.15) is 18.0 Å². The van der Waals surface area contributed by atoms with E-state index in [0.717, 1.165) is 24.2 Å². The number of aromatic nitrogens is 3. The van der Waals surface area contributed by atoms with Crippen molar-refractivity contribution in [2.24, 2.45) is 0 Å². The molecule has 1 heterocycles. The van der Waals surface area contributed by atoms with Crippen molar-refractivity contribution in [2.75, 3.05) is 0 Å². The molecule has 8 nitrogen and oxygen atoms in total. The highest BCUT2D eigenvalue weighted by atomic mass is 16.5. The summed E-state index contributed by atoms with van der Waals surface area (Å²) in [6.45, 7) is -0.0243. The van der Waals surface area contributed by atoms with Crippen LogP contribution in [0.3, 0.4) is 0 Å². The maximum atomic E-state index is 12.0. The third kappa shape index (κ3) is 6.09. The van der Waals surface area contributed by atoms with E-state index in [1.807, 2.05) is 24.3 Å². The molecule has 1 aliphatic rings. The maximum Gasteiger partial charge on any atom is 0.325 e. The quantitative estimate of drug-likeness (QED) is 0.697. The predicted octanol–water partition coefficient (Wildman–Crippen LogP) is 1.93. The summed E-state index contributed by atoms with van der Waals surface area (Å²) in [4.78, 5) is 22.7. The SMILES string of the molecule is O=C(O)Cn1cc(CNC(=O)CCc2cccc(OC3CCCC3)c2)nn1. The Kier molecular flexibility index (Phi) is 6.40. The van der Waals surface area contributed by atoms with Gasteiger partial charge in [-0.15, -0.1) is 5.10 Å². The first kappa shape index (κ1) is 18.9. The second-order valence-corrected chi connectivity index (χ2v) is 6.75. The van der Waals surface area contributed by atoms with Gasteiger partial charge in [0.25, 0.3) is 0 Å². The van der Waals surface area contributed by atoms with Gasteiger partial charge in [-0.2, -0.15) is 0 Å². The van der Waals surface area contributed by atoms with Crippen LogP contribution in [0.4, 0.5) is 0 Å². The van der Waals surface area contributed by atoms with Crippen LogP contribution in [0.25, 0.3) is 0 Å². The van der Waals surface area contributed by atoms with Crippen molar-refractivity contribution in [2.45, 2.75) is 57.7 Å². The lowest BCUT2D eigenvalue weighted by molar-refractivity contribution is -0.138. The third-order valence-electron chi connectivity index (χ3n) is 4.49. The Bertz CT molecular complexity index is 784. The number of carbonyl (C=O) groups is 2. The van der Waals surface area contributed by atoms with E-state index in [4.69, 9.17) is 9.84 Å². The molecule has 0 unspecified atom stereocenters. The molecule has 2 aromatic rings. The van der Waals surface area contributed by atoms with Gasteiger partial charge >= 0.3 is 5.97 Å². The average Bonchev–Trinajstić information content (AvgIpc) is 3.30. The Morgan fingerprint density at radius 3 is 2.89 bits per heavy atom. The molecule has 0 atom stereocenters. The van der Waals surface area contributed by atoms with E-state index in [-0.39, 0.29) is 19.0 Å². The van der Waals surface area contributed by atoms with Crippen molar-refractivity contribution < 1.29 is 19.4 Å². The van der Waals surface area contributed by atoms with Gasteiger partial charge in [0, 0.05) is 6.42 Å². The summed E-state index contributed by atoms with van der Waals surface area (Å²) in [5, 5.41) is 19.0. The number of hydrogen-bond donors (Lipinski definition) is 2. The zero-order valence-corrected chi connectivity index (χ0v) is 15.1. The molecule has 3 rings (SSSR count). The molecule has 0 bridgehead atoms. The van der Waals surface area contributed by atoms with Gasteiger partial charge in [0.15, 0.2) is 0 Å². The van der Waals surface area contributed by atoms with Crippen molar-refractivity contribution in [3.63, 3.8) is 0 Å². The van der Waals surface area contributed by atoms with Crippen LogP contribution < -0.4 is 10.1 Å². The minimum Gasteiger partial charge on any atom is -0.490 e. The molecule has 0 spiro atoms. The average molecular weight is 372 g/mol. The first-order valence-corrected chi connectivity index (χ1v) is 9.21. The van der Waals surface area contributed by atoms with E-state index < -0.39 is 5.97 Å². The second-order valence-electron chi connectivity index (χ2n) is 6.75. The topological polar surface area (TPSA) is 106 Å². The number of carboxylic acids is 1. The van der Waals surface area contributed by atoms with Crippen LogP contribution in [0.2, 0.25) is 0 Å². The molecule has 1 aromatic heterocycles. The second kappa shape index (κ2) is 9.16. The van der Waals surface area contributed by atoms with E-state index in [1.54, 1.807) is 0 Å². The molecular weight excluding hydrogens is 348 g/mol. The molecule has 1 aromatic carbocycles. The van der Waals surface area contributed by atoms with Crippen LogP contribution >= 0.6 is 0 Å². The lowest BCUT2D eigenvalue weighted by atomic mass is 10.1. The molecule has 0 aliphatic heterocycles. The van der Waals surface area contributed by atoms with Crippen LogP contribution in [-0.2, 0) is 29.1 Å². The lowest BCUT2D eigenvalue weighted by Crippen LogP contribution is -2.23.